The van der Waals surface area contributed by atoms with Gasteiger partial charge in [-0.3, -0.25) is 0 Å². The molecule has 10 rings (SSSR count). The molecule has 1 aliphatic carbocycles. The minimum Gasteiger partial charge on any atom is -0.228 e. The molecule has 0 bridgehead atoms. The number of benzene rings is 7. The highest BCUT2D eigenvalue weighted by molar-refractivity contribution is 7.99. The molecule has 0 radical (unpaired) electrons. The van der Waals surface area contributed by atoms with Gasteiger partial charge in [0.15, 0.2) is 5.82 Å². The van der Waals surface area contributed by atoms with E-state index in [1.54, 1.807) is 0 Å². The molecule has 1 spiro atoms. The number of fused-ring (bicyclic) bond motifs is 10. The van der Waals surface area contributed by atoms with E-state index in [9.17, 15) is 0 Å². The van der Waals surface area contributed by atoms with Crippen LogP contribution in [-0.2, 0) is 5.41 Å². The first-order chi connectivity index (χ1) is 23.8. The largest absolute Gasteiger partial charge is 0.228 e. The van der Waals surface area contributed by atoms with Gasteiger partial charge < -0.3 is 0 Å². The van der Waals surface area contributed by atoms with Gasteiger partial charge in [0.2, 0.25) is 0 Å². The van der Waals surface area contributed by atoms with Crippen LogP contribution in [0, 0.1) is 0 Å². The summed E-state index contributed by atoms with van der Waals surface area (Å²) in [7, 11) is 0. The lowest BCUT2D eigenvalue weighted by molar-refractivity contribution is 0.723. The first-order valence-corrected chi connectivity index (χ1v) is 17.2. The van der Waals surface area contributed by atoms with Crippen LogP contribution in [0.5, 0.6) is 0 Å². The van der Waals surface area contributed by atoms with Crippen molar-refractivity contribution in [1.29, 1.82) is 0 Å². The number of rotatable bonds is 3. The number of nitrogens with zero attached hydrogens (tertiary/aromatic N) is 2. The third-order valence-corrected chi connectivity index (χ3v) is 11.2. The Labute approximate surface area is 283 Å². The molecule has 1 aromatic heterocycles. The van der Waals surface area contributed by atoms with Crippen LogP contribution in [0.3, 0.4) is 0 Å². The van der Waals surface area contributed by atoms with Gasteiger partial charge in [-0.25, -0.2) is 9.97 Å². The zero-order chi connectivity index (χ0) is 31.7. The lowest BCUT2D eigenvalue weighted by atomic mass is 9.67. The Hall–Kier alpha value is -5.77. The van der Waals surface area contributed by atoms with Gasteiger partial charge in [-0.05, 0) is 56.3 Å². The molecule has 0 saturated heterocycles. The summed E-state index contributed by atoms with van der Waals surface area (Å²) < 4.78 is 0. The van der Waals surface area contributed by atoms with Gasteiger partial charge in [-0.1, -0.05) is 169 Å². The van der Waals surface area contributed by atoms with Crippen LogP contribution < -0.4 is 0 Å². The Morgan fingerprint density at radius 2 is 0.958 bits per heavy atom. The molecule has 0 unspecified atom stereocenters. The third-order valence-electron chi connectivity index (χ3n) is 9.97. The van der Waals surface area contributed by atoms with E-state index >= 15 is 0 Å². The molecule has 2 heterocycles. The van der Waals surface area contributed by atoms with Crippen molar-refractivity contribution in [3.63, 3.8) is 0 Å². The van der Waals surface area contributed by atoms with E-state index < -0.39 is 5.41 Å². The molecule has 1 aliphatic heterocycles. The highest BCUT2D eigenvalue weighted by Gasteiger charge is 2.50. The van der Waals surface area contributed by atoms with E-state index in [4.69, 9.17) is 9.97 Å². The highest BCUT2D eigenvalue weighted by atomic mass is 32.2. The maximum absolute atomic E-state index is 5.32. The number of hydrogen-bond donors (Lipinski definition) is 0. The number of hydrogen-bond acceptors (Lipinski definition) is 3. The van der Waals surface area contributed by atoms with Crippen LogP contribution in [-0.4, -0.2) is 9.97 Å². The molecular weight excluding hydrogens is 601 g/mol. The molecule has 2 nitrogen and oxygen atoms in total. The maximum atomic E-state index is 5.32. The monoisotopic (exact) mass is 628 g/mol. The Kier molecular flexibility index (Phi) is 6.06. The molecule has 2 aliphatic rings. The number of aromatic nitrogens is 2. The zero-order valence-electron chi connectivity index (χ0n) is 26.0. The van der Waals surface area contributed by atoms with Gasteiger partial charge >= 0.3 is 0 Å². The molecule has 3 heteroatoms. The van der Waals surface area contributed by atoms with E-state index in [1.165, 1.54) is 53.9 Å². The van der Waals surface area contributed by atoms with Crippen LogP contribution in [0.25, 0.3) is 55.8 Å². The predicted octanol–water partition coefficient (Wildman–Crippen LogP) is 11.5. The summed E-state index contributed by atoms with van der Waals surface area (Å²) in [5, 5.41) is 2.38. The molecule has 7 aromatic carbocycles. The summed E-state index contributed by atoms with van der Waals surface area (Å²) in [5.41, 5.74) is 12.5. The molecule has 48 heavy (non-hydrogen) atoms. The molecule has 0 atom stereocenters. The van der Waals surface area contributed by atoms with Crippen molar-refractivity contribution in [3.8, 4) is 45.0 Å². The van der Waals surface area contributed by atoms with Gasteiger partial charge in [-0.15, -0.1) is 0 Å². The summed E-state index contributed by atoms with van der Waals surface area (Å²) in [6, 6.07) is 61.2. The van der Waals surface area contributed by atoms with E-state index in [1.807, 2.05) is 17.8 Å². The van der Waals surface area contributed by atoms with Crippen molar-refractivity contribution >= 4 is 22.5 Å². The molecule has 0 amide bonds. The standard InChI is InChI=1S/C45H28N2S/c1-2-15-30(16-3-1)44-46-40(34-21-12-17-29-14-4-5-18-31(29)34)28-41(47-44)35-22-13-26-39-43(35)48-42-27-11-10-25-38(42)45(39)36-23-8-6-19-32(36)33-20-7-9-24-37(33)45/h1-28H. The fourth-order valence-corrected chi connectivity index (χ4v) is 9.28. The Morgan fingerprint density at radius 3 is 1.75 bits per heavy atom. The van der Waals surface area contributed by atoms with Gasteiger partial charge in [0.1, 0.15) is 0 Å². The first kappa shape index (κ1) is 27.4. The molecule has 0 saturated carbocycles. The van der Waals surface area contributed by atoms with Gasteiger partial charge in [0.05, 0.1) is 16.8 Å². The lowest BCUT2D eigenvalue weighted by Gasteiger charge is -2.40. The average Bonchev–Trinajstić information content (AvgIpc) is 3.45. The second-order valence-corrected chi connectivity index (χ2v) is 13.5. The van der Waals surface area contributed by atoms with Crippen molar-refractivity contribution < 1.29 is 0 Å². The third kappa shape index (κ3) is 3.89. The smallest absolute Gasteiger partial charge is 0.160 e. The van der Waals surface area contributed by atoms with Crippen molar-refractivity contribution in [2.45, 2.75) is 15.2 Å². The predicted molar refractivity (Wildman–Crippen MR) is 197 cm³/mol. The minimum absolute atomic E-state index is 0.436. The van der Waals surface area contributed by atoms with E-state index in [0.717, 1.165) is 33.9 Å². The van der Waals surface area contributed by atoms with Crippen LogP contribution in [0.4, 0.5) is 0 Å². The van der Waals surface area contributed by atoms with Crippen molar-refractivity contribution in [1.82, 2.24) is 9.97 Å². The fourth-order valence-electron chi connectivity index (χ4n) is 7.97. The summed E-state index contributed by atoms with van der Waals surface area (Å²) in [4.78, 5) is 13.0. The summed E-state index contributed by atoms with van der Waals surface area (Å²) in [5.74, 6) is 0.723. The lowest BCUT2D eigenvalue weighted by Crippen LogP contribution is -2.32. The van der Waals surface area contributed by atoms with Gasteiger partial charge in [0.25, 0.3) is 0 Å². The van der Waals surface area contributed by atoms with Crippen molar-refractivity contribution in [3.05, 3.63) is 192 Å². The van der Waals surface area contributed by atoms with E-state index in [0.29, 0.717) is 0 Å². The average molecular weight is 629 g/mol. The molecule has 8 aromatic rings. The van der Waals surface area contributed by atoms with Crippen LogP contribution >= 0.6 is 11.8 Å². The quantitative estimate of drug-likeness (QED) is 0.195. The van der Waals surface area contributed by atoms with Gasteiger partial charge in [-0.2, -0.15) is 0 Å². The topological polar surface area (TPSA) is 25.8 Å². The normalized spacial score (nSPS) is 13.5. The molecule has 0 fully saturated rings. The van der Waals surface area contributed by atoms with Crippen molar-refractivity contribution in [2.24, 2.45) is 0 Å². The minimum atomic E-state index is -0.436. The Balaban J connectivity index is 1.28. The molecular formula is C45H28N2S. The van der Waals surface area contributed by atoms with Gasteiger partial charge in [0, 0.05) is 26.5 Å². The zero-order valence-corrected chi connectivity index (χ0v) is 26.8. The maximum Gasteiger partial charge on any atom is 0.160 e. The van der Waals surface area contributed by atoms with Crippen LogP contribution in [0.15, 0.2) is 180 Å². The first-order valence-electron chi connectivity index (χ1n) is 16.3. The van der Waals surface area contributed by atoms with E-state index in [-0.39, 0.29) is 0 Å². The fraction of sp³-hybridized carbons (Fsp3) is 0.0222. The Morgan fingerprint density at radius 1 is 0.417 bits per heavy atom. The van der Waals surface area contributed by atoms with E-state index in [2.05, 4.69) is 164 Å². The highest BCUT2D eigenvalue weighted by Crippen LogP contribution is 2.63. The second kappa shape index (κ2) is 10.6. The van der Waals surface area contributed by atoms with Crippen LogP contribution in [0.1, 0.15) is 22.3 Å². The SMILES string of the molecule is c1ccc(-c2nc(-c3cccc4c3Sc3ccccc3C43c4ccccc4-c4ccccc43)cc(-c3cccc4ccccc34)n2)cc1. The molecule has 0 N–H and O–H groups in total. The summed E-state index contributed by atoms with van der Waals surface area (Å²) >= 11 is 1.86. The summed E-state index contributed by atoms with van der Waals surface area (Å²) in [6.45, 7) is 0. The summed E-state index contributed by atoms with van der Waals surface area (Å²) in [6.07, 6.45) is 0. The molecule has 224 valence electrons. The van der Waals surface area contributed by atoms with Crippen molar-refractivity contribution in [2.75, 3.05) is 0 Å². The van der Waals surface area contributed by atoms with Crippen LogP contribution in [0.2, 0.25) is 0 Å². The Bertz CT molecular complexity index is 2500. The second-order valence-electron chi connectivity index (χ2n) is 12.5.